The zero-order valence-corrected chi connectivity index (χ0v) is 9.15. The van der Waals surface area contributed by atoms with Gasteiger partial charge in [-0.05, 0) is 25.7 Å². The van der Waals surface area contributed by atoms with Crippen molar-refractivity contribution >= 4 is 0 Å². The third-order valence-corrected chi connectivity index (χ3v) is 1.94. The molecule has 0 amide bonds. The van der Waals surface area contributed by atoms with E-state index in [0.29, 0.717) is 5.41 Å². The lowest BCUT2D eigenvalue weighted by atomic mass is 9.86. The molecule has 0 saturated carbocycles. The van der Waals surface area contributed by atoms with Crippen LogP contribution in [0.4, 0.5) is 0 Å². The monoisotopic (exact) mass is 166 g/mol. The lowest BCUT2D eigenvalue weighted by molar-refractivity contribution is 0.430. The maximum absolute atomic E-state index is 2.36. The number of hydrogen-bond donors (Lipinski definition) is 0. The molecule has 0 heteroatoms. The summed E-state index contributed by atoms with van der Waals surface area (Å²) in [7, 11) is 0. The Hall–Kier alpha value is -0.520. The molecule has 0 aliphatic carbocycles. The highest BCUT2D eigenvalue weighted by Crippen LogP contribution is 2.25. The quantitative estimate of drug-likeness (QED) is 0.545. The molecule has 0 aromatic carbocycles. The predicted octanol–water partition coefficient (Wildman–Crippen LogP) is 4.34. The molecule has 0 aromatic heterocycles. The Balaban J connectivity index is 4.27. The summed E-state index contributed by atoms with van der Waals surface area (Å²) in [4.78, 5) is 0. The molecule has 0 radical (unpaired) electrons. The lowest BCUT2D eigenvalue weighted by Gasteiger charge is -2.19. The molecule has 0 heterocycles. The van der Waals surface area contributed by atoms with Crippen LogP contribution in [0, 0.1) is 5.41 Å². The molecule has 0 aromatic rings. The second-order valence-electron chi connectivity index (χ2n) is 4.13. The SMILES string of the molecule is CC=CC(C)=CC(C)(C)CCC. The van der Waals surface area contributed by atoms with Gasteiger partial charge >= 0.3 is 0 Å². The summed E-state index contributed by atoms with van der Waals surface area (Å²) in [6, 6.07) is 0. The van der Waals surface area contributed by atoms with Crippen molar-refractivity contribution in [2.24, 2.45) is 5.41 Å². The second-order valence-corrected chi connectivity index (χ2v) is 4.13. The normalized spacial score (nSPS) is 14.2. The number of rotatable bonds is 4. The molecule has 70 valence electrons. The molecule has 0 nitrogen and oxygen atoms in total. The first-order valence-corrected chi connectivity index (χ1v) is 4.84. The Bertz CT molecular complexity index is 170. The van der Waals surface area contributed by atoms with Crippen molar-refractivity contribution < 1.29 is 0 Å². The molecule has 0 atom stereocenters. The van der Waals surface area contributed by atoms with Crippen molar-refractivity contribution in [3.8, 4) is 0 Å². The van der Waals surface area contributed by atoms with Crippen LogP contribution in [0.15, 0.2) is 23.8 Å². The van der Waals surface area contributed by atoms with Crippen molar-refractivity contribution in [2.45, 2.75) is 47.5 Å². The van der Waals surface area contributed by atoms with Gasteiger partial charge in [0.1, 0.15) is 0 Å². The Labute approximate surface area is 77.4 Å². The van der Waals surface area contributed by atoms with Crippen LogP contribution in [-0.4, -0.2) is 0 Å². The smallest absolute Gasteiger partial charge is 0.0169 e. The Kier molecular flexibility index (Phi) is 4.96. The summed E-state index contributed by atoms with van der Waals surface area (Å²) in [6.45, 7) is 11.1. The van der Waals surface area contributed by atoms with E-state index >= 15 is 0 Å². The standard InChI is InChI=1S/C12H22/c1-6-8-11(3)10-12(4,5)9-7-2/h6,8,10H,7,9H2,1-5H3. The molecule has 0 rings (SSSR count). The fourth-order valence-corrected chi connectivity index (χ4v) is 1.64. The maximum atomic E-state index is 2.36. The van der Waals surface area contributed by atoms with Crippen LogP contribution in [0.25, 0.3) is 0 Å². The molecule has 0 aliphatic heterocycles. The van der Waals surface area contributed by atoms with E-state index in [9.17, 15) is 0 Å². The van der Waals surface area contributed by atoms with E-state index in [2.05, 4.69) is 52.8 Å². The van der Waals surface area contributed by atoms with E-state index in [1.165, 1.54) is 18.4 Å². The molecule has 0 bridgehead atoms. The van der Waals surface area contributed by atoms with Gasteiger partial charge in [-0.25, -0.2) is 0 Å². The highest BCUT2D eigenvalue weighted by atomic mass is 14.2. The van der Waals surface area contributed by atoms with Gasteiger partial charge in [0.2, 0.25) is 0 Å². The highest BCUT2D eigenvalue weighted by Gasteiger charge is 2.12. The number of hydrogen-bond acceptors (Lipinski definition) is 0. The zero-order chi connectivity index (χ0) is 9.61. The molecule has 12 heavy (non-hydrogen) atoms. The third kappa shape index (κ3) is 5.17. The van der Waals surface area contributed by atoms with Gasteiger partial charge < -0.3 is 0 Å². The fourth-order valence-electron chi connectivity index (χ4n) is 1.64. The van der Waals surface area contributed by atoms with Crippen LogP contribution in [0.1, 0.15) is 47.5 Å². The highest BCUT2D eigenvalue weighted by molar-refractivity contribution is 5.18. The zero-order valence-electron chi connectivity index (χ0n) is 9.15. The van der Waals surface area contributed by atoms with E-state index in [1.54, 1.807) is 0 Å². The van der Waals surface area contributed by atoms with E-state index < -0.39 is 0 Å². The van der Waals surface area contributed by atoms with Crippen LogP contribution in [0.2, 0.25) is 0 Å². The largest absolute Gasteiger partial charge is 0.0874 e. The molecule has 0 aliphatic rings. The van der Waals surface area contributed by atoms with E-state index in [0.717, 1.165) is 0 Å². The Morgan fingerprint density at radius 3 is 2.33 bits per heavy atom. The molecular formula is C12H22. The van der Waals surface area contributed by atoms with Crippen LogP contribution in [0.3, 0.4) is 0 Å². The van der Waals surface area contributed by atoms with Crippen molar-refractivity contribution in [3.05, 3.63) is 23.8 Å². The van der Waals surface area contributed by atoms with Gasteiger partial charge in [0.25, 0.3) is 0 Å². The van der Waals surface area contributed by atoms with Crippen molar-refractivity contribution in [1.29, 1.82) is 0 Å². The minimum atomic E-state index is 0.359. The minimum absolute atomic E-state index is 0.359. The predicted molar refractivity (Wildman–Crippen MR) is 57.3 cm³/mol. The van der Waals surface area contributed by atoms with Gasteiger partial charge in [0, 0.05) is 0 Å². The van der Waals surface area contributed by atoms with Crippen molar-refractivity contribution in [1.82, 2.24) is 0 Å². The summed E-state index contributed by atoms with van der Waals surface area (Å²) in [5, 5.41) is 0. The molecular weight excluding hydrogens is 144 g/mol. The van der Waals surface area contributed by atoms with Gasteiger partial charge in [-0.15, -0.1) is 0 Å². The van der Waals surface area contributed by atoms with E-state index in [4.69, 9.17) is 0 Å². The summed E-state index contributed by atoms with van der Waals surface area (Å²) >= 11 is 0. The van der Waals surface area contributed by atoms with Crippen LogP contribution < -0.4 is 0 Å². The van der Waals surface area contributed by atoms with E-state index in [1.807, 2.05) is 0 Å². The molecule has 0 unspecified atom stereocenters. The molecule has 0 fully saturated rings. The second kappa shape index (κ2) is 5.18. The fraction of sp³-hybridized carbons (Fsp3) is 0.667. The average molecular weight is 166 g/mol. The van der Waals surface area contributed by atoms with Gasteiger partial charge in [-0.1, -0.05) is 51.0 Å². The molecule has 0 spiro atoms. The lowest BCUT2D eigenvalue weighted by Crippen LogP contribution is -2.06. The van der Waals surface area contributed by atoms with Gasteiger partial charge in [0.15, 0.2) is 0 Å². The topological polar surface area (TPSA) is 0 Å². The first-order chi connectivity index (χ1) is 5.52. The summed E-state index contributed by atoms with van der Waals surface area (Å²) in [5.41, 5.74) is 1.73. The first kappa shape index (κ1) is 11.5. The van der Waals surface area contributed by atoms with Crippen molar-refractivity contribution in [3.63, 3.8) is 0 Å². The summed E-state index contributed by atoms with van der Waals surface area (Å²) < 4.78 is 0. The van der Waals surface area contributed by atoms with Gasteiger partial charge in [-0.3, -0.25) is 0 Å². The van der Waals surface area contributed by atoms with E-state index in [-0.39, 0.29) is 0 Å². The minimum Gasteiger partial charge on any atom is -0.0874 e. The maximum Gasteiger partial charge on any atom is -0.0169 e. The Morgan fingerprint density at radius 1 is 1.33 bits per heavy atom. The van der Waals surface area contributed by atoms with Crippen molar-refractivity contribution in [2.75, 3.05) is 0 Å². The summed E-state index contributed by atoms with van der Waals surface area (Å²) in [6.07, 6.45) is 9.14. The summed E-state index contributed by atoms with van der Waals surface area (Å²) in [5.74, 6) is 0. The van der Waals surface area contributed by atoms with Gasteiger partial charge in [-0.2, -0.15) is 0 Å². The molecule has 0 saturated heterocycles. The Morgan fingerprint density at radius 2 is 1.92 bits per heavy atom. The molecule has 0 N–H and O–H groups in total. The van der Waals surface area contributed by atoms with Crippen LogP contribution in [-0.2, 0) is 0 Å². The average Bonchev–Trinajstić information content (AvgIpc) is 1.85. The first-order valence-electron chi connectivity index (χ1n) is 4.84. The number of allylic oxidation sites excluding steroid dienone is 4. The third-order valence-electron chi connectivity index (χ3n) is 1.94. The van der Waals surface area contributed by atoms with Crippen LogP contribution >= 0.6 is 0 Å². The van der Waals surface area contributed by atoms with Crippen LogP contribution in [0.5, 0.6) is 0 Å². The van der Waals surface area contributed by atoms with Gasteiger partial charge in [0.05, 0.1) is 0 Å².